The van der Waals surface area contributed by atoms with Gasteiger partial charge in [-0.1, -0.05) is 29.8 Å². The van der Waals surface area contributed by atoms with Crippen molar-refractivity contribution >= 4 is 11.8 Å². The maximum Gasteiger partial charge on any atom is 0.242 e. The fourth-order valence-corrected chi connectivity index (χ4v) is 4.32. The quantitative estimate of drug-likeness (QED) is 0.812. The molecule has 0 radical (unpaired) electrons. The SMILES string of the molecule is Cc1ccc(C(CNC(=O)C2CCCN2C(=O)C2CC2)N2CCOCC2)cc1. The van der Waals surface area contributed by atoms with Gasteiger partial charge in [0.05, 0.1) is 19.3 Å². The number of hydrogen-bond donors (Lipinski definition) is 1. The second-order valence-electron chi connectivity index (χ2n) is 8.28. The van der Waals surface area contributed by atoms with E-state index in [2.05, 4.69) is 41.4 Å². The number of rotatable bonds is 6. The number of hydrogen-bond acceptors (Lipinski definition) is 4. The number of ether oxygens (including phenoxy) is 1. The zero-order valence-electron chi connectivity index (χ0n) is 16.7. The van der Waals surface area contributed by atoms with Crippen molar-refractivity contribution in [3.05, 3.63) is 35.4 Å². The molecule has 2 unspecified atom stereocenters. The van der Waals surface area contributed by atoms with Gasteiger partial charge in [0, 0.05) is 32.1 Å². The zero-order valence-corrected chi connectivity index (χ0v) is 16.7. The fourth-order valence-electron chi connectivity index (χ4n) is 4.32. The molecule has 6 heteroatoms. The third-order valence-electron chi connectivity index (χ3n) is 6.18. The van der Waals surface area contributed by atoms with Gasteiger partial charge in [-0.2, -0.15) is 0 Å². The van der Waals surface area contributed by atoms with E-state index in [1.54, 1.807) is 0 Å². The molecule has 3 aliphatic rings. The van der Waals surface area contributed by atoms with E-state index in [0.29, 0.717) is 6.54 Å². The van der Waals surface area contributed by atoms with E-state index in [-0.39, 0.29) is 29.8 Å². The van der Waals surface area contributed by atoms with Gasteiger partial charge in [-0.15, -0.1) is 0 Å². The maximum absolute atomic E-state index is 12.9. The minimum atomic E-state index is -0.295. The molecule has 1 aliphatic carbocycles. The minimum Gasteiger partial charge on any atom is -0.379 e. The Labute approximate surface area is 167 Å². The van der Waals surface area contributed by atoms with Crippen LogP contribution in [0.15, 0.2) is 24.3 Å². The molecule has 152 valence electrons. The van der Waals surface area contributed by atoms with Crippen molar-refractivity contribution in [3.8, 4) is 0 Å². The van der Waals surface area contributed by atoms with Crippen LogP contribution in [0.2, 0.25) is 0 Å². The summed E-state index contributed by atoms with van der Waals surface area (Å²) in [5.41, 5.74) is 2.44. The number of carbonyl (C=O) groups excluding carboxylic acids is 2. The van der Waals surface area contributed by atoms with Crippen molar-refractivity contribution in [2.24, 2.45) is 5.92 Å². The molecule has 2 saturated heterocycles. The van der Waals surface area contributed by atoms with Crippen LogP contribution in [0, 0.1) is 12.8 Å². The first-order chi connectivity index (χ1) is 13.6. The molecule has 2 aliphatic heterocycles. The lowest BCUT2D eigenvalue weighted by molar-refractivity contribution is -0.139. The molecule has 28 heavy (non-hydrogen) atoms. The third-order valence-corrected chi connectivity index (χ3v) is 6.18. The summed E-state index contributed by atoms with van der Waals surface area (Å²) >= 11 is 0. The Morgan fingerprint density at radius 3 is 2.50 bits per heavy atom. The van der Waals surface area contributed by atoms with E-state index in [4.69, 9.17) is 4.74 Å². The molecule has 6 nitrogen and oxygen atoms in total. The molecule has 1 aromatic rings. The third kappa shape index (κ3) is 4.39. The van der Waals surface area contributed by atoms with Gasteiger partial charge in [0.15, 0.2) is 0 Å². The topological polar surface area (TPSA) is 61.9 Å². The van der Waals surface area contributed by atoms with Gasteiger partial charge in [-0.25, -0.2) is 0 Å². The molecular formula is C22H31N3O3. The van der Waals surface area contributed by atoms with Crippen molar-refractivity contribution in [1.82, 2.24) is 15.1 Å². The van der Waals surface area contributed by atoms with Crippen LogP contribution in [-0.4, -0.2) is 67.0 Å². The number of aryl methyl sites for hydroxylation is 1. The maximum atomic E-state index is 12.9. The van der Waals surface area contributed by atoms with E-state index in [9.17, 15) is 9.59 Å². The van der Waals surface area contributed by atoms with Crippen LogP contribution < -0.4 is 5.32 Å². The monoisotopic (exact) mass is 385 g/mol. The number of benzene rings is 1. The molecule has 1 aromatic carbocycles. The van der Waals surface area contributed by atoms with Gasteiger partial charge in [-0.05, 0) is 38.2 Å². The lowest BCUT2D eigenvalue weighted by Crippen LogP contribution is -2.49. The van der Waals surface area contributed by atoms with Crippen LogP contribution in [-0.2, 0) is 14.3 Å². The van der Waals surface area contributed by atoms with Crippen LogP contribution in [0.3, 0.4) is 0 Å². The molecule has 2 amide bonds. The molecular weight excluding hydrogens is 354 g/mol. The van der Waals surface area contributed by atoms with Crippen LogP contribution in [0.25, 0.3) is 0 Å². The first-order valence-electron chi connectivity index (χ1n) is 10.6. The van der Waals surface area contributed by atoms with E-state index in [1.807, 2.05) is 4.90 Å². The summed E-state index contributed by atoms with van der Waals surface area (Å²) in [6.45, 7) is 6.54. The number of nitrogens with one attached hydrogen (secondary N) is 1. The van der Waals surface area contributed by atoms with Gasteiger partial charge in [0.1, 0.15) is 6.04 Å². The van der Waals surface area contributed by atoms with E-state index in [1.165, 1.54) is 11.1 Å². The predicted molar refractivity (Wildman–Crippen MR) is 107 cm³/mol. The predicted octanol–water partition coefficient (Wildman–Crippen LogP) is 1.89. The molecule has 1 saturated carbocycles. The van der Waals surface area contributed by atoms with Crippen molar-refractivity contribution in [2.45, 2.75) is 44.7 Å². The van der Waals surface area contributed by atoms with Crippen LogP contribution in [0.1, 0.15) is 42.9 Å². The Hall–Kier alpha value is -1.92. The van der Waals surface area contributed by atoms with Crippen molar-refractivity contribution in [2.75, 3.05) is 39.4 Å². The second-order valence-corrected chi connectivity index (χ2v) is 8.28. The summed E-state index contributed by atoms with van der Waals surface area (Å²) in [6.07, 6.45) is 3.66. The first kappa shape index (κ1) is 19.4. The van der Waals surface area contributed by atoms with Gasteiger partial charge in [0.25, 0.3) is 0 Å². The summed E-state index contributed by atoms with van der Waals surface area (Å²) < 4.78 is 5.51. The van der Waals surface area contributed by atoms with Crippen molar-refractivity contribution in [3.63, 3.8) is 0 Å². The summed E-state index contributed by atoms with van der Waals surface area (Å²) in [5, 5.41) is 3.16. The molecule has 2 heterocycles. The molecule has 0 spiro atoms. The minimum absolute atomic E-state index is 0.00290. The summed E-state index contributed by atoms with van der Waals surface area (Å²) in [6, 6.07) is 8.38. The summed E-state index contributed by atoms with van der Waals surface area (Å²) in [7, 11) is 0. The lowest BCUT2D eigenvalue weighted by atomic mass is 10.0. The summed E-state index contributed by atoms with van der Waals surface area (Å²) in [4.78, 5) is 29.6. The first-order valence-corrected chi connectivity index (χ1v) is 10.6. The molecule has 3 fully saturated rings. The standard InChI is InChI=1S/C22H31N3O3/c1-16-4-6-17(7-5-16)20(24-11-13-28-14-12-24)15-23-21(26)19-3-2-10-25(19)22(27)18-8-9-18/h4-7,18-20H,2-3,8-15H2,1H3,(H,23,26). The highest BCUT2D eigenvalue weighted by molar-refractivity contribution is 5.90. The molecule has 0 bridgehead atoms. The average Bonchev–Trinajstić information content (AvgIpc) is 3.46. The smallest absolute Gasteiger partial charge is 0.242 e. The van der Waals surface area contributed by atoms with Crippen LogP contribution in [0.4, 0.5) is 0 Å². The van der Waals surface area contributed by atoms with Crippen LogP contribution in [0.5, 0.6) is 0 Å². The average molecular weight is 386 g/mol. The number of likely N-dealkylation sites (tertiary alicyclic amines) is 1. The molecule has 1 N–H and O–H groups in total. The van der Waals surface area contributed by atoms with Crippen LogP contribution >= 0.6 is 0 Å². The zero-order chi connectivity index (χ0) is 19.5. The van der Waals surface area contributed by atoms with Gasteiger partial charge in [-0.3, -0.25) is 14.5 Å². The number of amides is 2. The van der Waals surface area contributed by atoms with E-state index in [0.717, 1.165) is 58.5 Å². The molecule has 4 rings (SSSR count). The van der Waals surface area contributed by atoms with E-state index < -0.39 is 0 Å². The Morgan fingerprint density at radius 1 is 1.11 bits per heavy atom. The Morgan fingerprint density at radius 2 is 1.82 bits per heavy atom. The summed E-state index contributed by atoms with van der Waals surface area (Å²) in [5.74, 6) is 0.347. The number of morpholine rings is 1. The van der Waals surface area contributed by atoms with E-state index >= 15 is 0 Å². The highest BCUT2D eigenvalue weighted by Gasteiger charge is 2.41. The molecule has 2 atom stereocenters. The van der Waals surface area contributed by atoms with Gasteiger partial charge < -0.3 is 15.0 Å². The molecule has 0 aromatic heterocycles. The normalized spacial score (nSPS) is 24.2. The second kappa shape index (κ2) is 8.62. The Bertz CT molecular complexity index is 695. The highest BCUT2D eigenvalue weighted by Crippen LogP contribution is 2.33. The van der Waals surface area contributed by atoms with Crippen molar-refractivity contribution in [1.29, 1.82) is 0 Å². The Balaban J connectivity index is 1.42. The number of carbonyl (C=O) groups is 2. The highest BCUT2D eigenvalue weighted by atomic mass is 16.5. The largest absolute Gasteiger partial charge is 0.379 e. The number of nitrogens with zero attached hydrogens (tertiary/aromatic N) is 2. The van der Waals surface area contributed by atoms with Gasteiger partial charge >= 0.3 is 0 Å². The Kier molecular flexibility index (Phi) is 5.97. The lowest BCUT2D eigenvalue weighted by Gasteiger charge is -2.35. The fraction of sp³-hybridized carbons (Fsp3) is 0.636. The van der Waals surface area contributed by atoms with Gasteiger partial charge in [0.2, 0.25) is 11.8 Å². The van der Waals surface area contributed by atoms with Crippen molar-refractivity contribution < 1.29 is 14.3 Å².